The van der Waals surface area contributed by atoms with Crippen LogP contribution in [0.15, 0.2) is 24.5 Å². The number of nitrogens with zero attached hydrogens (tertiary/aromatic N) is 4. The molecule has 106 valence electrons. The molecule has 0 aliphatic carbocycles. The predicted octanol–water partition coefficient (Wildman–Crippen LogP) is 1.81. The van der Waals surface area contributed by atoms with Crippen LogP contribution in [0, 0.1) is 5.92 Å². The molecule has 0 atom stereocenters. The van der Waals surface area contributed by atoms with Gasteiger partial charge >= 0.3 is 5.97 Å². The smallest absolute Gasteiger partial charge is 0.303 e. The zero-order chi connectivity index (χ0) is 13.9. The molecule has 2 aromatic heterocycles. The van der Waals surface area contributed by atoms with Crippen LogP contribution >= 0.6 is 0 Å². The largest absolute Gasteiger partial charge is 0.481 e. The highest BCUT2D eigenvalue weighted by Gasteiger charge is 2.20. The van der Waals surface area contributed by atoms with Crippen LogP contribution in [-0.2, 0) is 4.79 Å². The van der Waals surface area contributed by atoms with E-state index in [1.54, 1.807) is 10.7 Å². The summed E-state index contributed by atoms with van der Waals surface area (Å²) in [5.74, 6) is 0.816. The van der Waals surface area contributed by atoms with E-state index in [2.05, 4.69) is 15.0 Å². The van der Waals surface area contributed by atoms with E-state index in [1.807, 2.05) is 18.3 Å². The average molecular weight is 274 g/mol. The second-order valence-corrected chi connectivity index (χ2v) is 5.28. The molecule has 1 fully saturated rings. The molecular formula is C14H18N4O2. The molecule has 3 heterocycles. The number of carboxylic acid groups (broad SMARTS) is 1. The number of hydrogen-bond donors (Lipinski definition) is 1. The van der Waals surface area contributed by atoms with Crippen LogP contribution < -0.4 is 4.90 Å². The van der Waals surface area contributed by atoms with Gasteiger partial charge in [0.1, 0.15) is 5.82 Å². The van der Waals surface area contributed by atoms with E-state index < -0.39 is 5.97 Å². The first-order chi connectivity index (χ1) is 9.72. The van der Waals surface area contributed by atoms with E-state index in [-0.39, 0.29) is 6.42 Å². The van der Waals surface area contributed by atoms with Crippen molar-refractivity contribution >= 4 is 17.4 Å². The average Bonchev–Trinajstić information content (AvgIpc) is 2.93. The van der Waals surface area contributed by atoms with Crippen LogP contribution in [-0.4, -0.2) is 38.8 Å². The molecule has 0 amide bonds. The van der Waals surface area contributed by atoms with Gasteiger partial charge in [0.15, 0.2) is 5.65 Å². The molecule has 0 aromatic carbocycles. The molecule has 0 unspecified atom stereocenters. The molecule has 1 saturated heterocycles. The topological polar surface area (TPSA) is 70.7 Å². The summed E-state index contributed by atoms with van der Waals surface area (Å²) in [5, 5.41) is 12.9. The summed E-state index contributed by atoms with van der Waals surface area (Å²) in [5.41, 5.74) is 0.857. The second kappa shape index (κ2) is 5.48. The Morgan fingerprint density at radius 2 is 2.15 bits per heavy atom. The van der Waals surface area contributed by atoms with E-state index >= 15 is 0 Å². The Kier molecular flexibility index (Phi) is 3.54. The summed E-state index contributed by atoms with van der Waals surface area (Å²) in [6.07, 6.45) is 6.82. The molecule has 0 saturated carbocycles. The van der Waals surface area contributed by atoms with Gasteiger partial charge in [-0.2, -0.15) is 5.10 Å². The minimum atomic E-state index is -0.694. The van der Waals surface area contributed by atoms with Gasteiger partial charge in [-0.25, -0.2) is 9.50 Å². The van der Waals surface area contributed by atoms with Crippen molar-refractivity contribution in [2.45, 2.75) is 25.7 Å². The van der Waals surface area contributed by atoms with E-state index in [4.69, 9.17) is 5.11 Å². The number of carbonyl (C=O) groups is 1. The van der Waals surface area contributed by atoms with E-state index in [1.165, 1.54) is 0 Å². The summed E-state index contributed by atoms with van der Waals surface area (Å²) in [6, 6.07) is 3.88. The second-order valence-electron chi connectivity index (χ2n) is 5.28. The minimum Gasteiger partial charge on any atom is -0.481 e. The van der Waals surface area contributed by atoms with Gasteiger partial charge in [0.05, 0.1) is 6.20 Å². The van der Waals surface area contributed by atoms with Crippen LogP contribution in [0.4, 0.5) is 5.82 Å². The lowest BCUT2D eigenvalue weighted by Gasteiger charge is -2.32. The molecule has 0 spiro atoms. The number of anilines is 1. The van der Waals surface area contributed by atoms with Crippen LogP contribution in [0.5, 0.6) is 0 Å². The van der Waals surface area contributed by atoms with Crippen molar-refractivity contribution in [1.82, 2.24) is 14.6 Å². The number of fused-ring (bicyclic) bond motifs is 1. The maximum absolute atomic E-state index is 10.6. The Hall–Kier alpha value is -2.11. The maximum Gasteiger partial charge on any atom is 0.303 e. The molecule has 6 nitrogen and oxygen atoms in total. The molecule has 2 aromatic rings. The number of carboxylic acids is 1. The number of aliphatic carboxylic acids is 1. The van der Waals surface area contributed by atoms with Crippen LogP contribution in [0.25, 0.3) is 5.65 Å². The molecule has 1 aliphatic heterocycles. The summed E-state index contributed by atoms with van der Waals surface area (Å²) in [7, 11) is 0. The number of hydrogen-bond acceptors (Lipinski definition) is 4. The van der Waals surface area contributed by atoms with Crippen molar-refractivity contribution in [1.29, 1.82) is 0 Å². The Labute approximate surface area is 117 Å². The highest BCUT2D eigenvalue weighted by molar-refractivity contribution is 5.66. The quantitative estimate of drug-likeness (QED) is 0.920. The van der Waals surface area contributed by atoms with Gasteiger partial charge in [0.2, 0.25) is 0 Å². The third-order valence-corrected chi connectivity index (χ3v) is 3.95. The van der Waals surface area contributed by atoms with Gasteiger partial charge in [-0.1, -0.05) is 0 Å². The lowest BCUT2D eigenvalue weighted by Crippen LogP contribution is -2.34. The Bertz CT molecular complexity index is 602. The van der Waals surface area contributed by atoms with Crippen LogP contribution in [0.1, 0.15) is 25.7 Å². The van der Waals surface area contributed by atoms with Gasteiger partial charge < -0.3 is 10.0 Å². The standard InChI is InChI=1S/C14H18N4O2/c19-14(20)2-1-11-4-8-17(9-5-11)12-6-10-18-13(16-12)3-7-15-18/h3,6-7,10-11H,1-2,4-5,8-9H2,(H,19,20). The van der Waals surface area contributed by atoms with Crippen molar-refractivity contribution in [2.75, 3.05) is 18.0 Å². The Morgan fingerprint density at radius 3 is 2.90 bits per heavy atom. The Balaban J connectivity index is 1.61. The summed E-state index contributed by atoms with van der Waals surface area (Å²) < 4.78 is 1.75. The molecule has 0 bridgehead atoms. The predicted molar refractivity (Wildman–Crippen MR) is 74.8 cm³/mol. The van der Waals surface area contributed by atoms with Crippen LogP contribution in [0.2, 0.25) is 0 Å². The zero-order valence-electron chi connectivity index (χ0n) is 11.3. The number of aromatic nitrogens is 3. The third kappa shape index (κ3) is 2.74. The SMILES string of the molecule is O=C(O)CCC1CCN(c2ccn3nccc3n2)CC1. The molecule has 6 heteroatoms. The van der Waals surface area contributed by atoms with Crippen molar-refractivity contribution in [3.8, 4) is 0 Å². The van der Waals surface area contributed by atoms with Crippen molar-refractivity contribution in [3.63, 3.8) is 0 Å². The molecule has 1 N–H and O–H groups in total. The van der Waals surface area contributed by atoms with Crippen molar-refractivity contribution in [2.24, 2.45) is 5.92 Å². The fourth-order valence-corrected chi connectivity index (χ4v) is 2.76. The maximum atomic E-state index is 10.6. The number of piperidine rings is 1. The minimum absolute atomic E-state index is 0.282. The van der Waals surface area contributed by atoms with Crippen LogP contribution in [0.3, 0.4) is 0 Å². The summed E-state index contributed by atoms with van der Waals surface area (Å²) in [4.78, 5) is 17.5. The normalized spacial score (nSPS) is 16.7. The van der Waals surface area contributed by atoms with Gasteiger partial charge in [-0.05, 0) is 31.2 Å². The first-order valence-electron chi connectivity index (χ1n) is 6.99. The van der Waals surface area contributed by atoms with Gasteiger partial charge in [-0.3, -0.25) is 4.79 Å². The van der Waals surface area contributed by atoms with E-state index in [9.17, 15) is 4.79 Å². The zero-order valence-corrected chi connectivity index (χ0v) is 11.3. The molecule has 1 aliphatic rings. The lowest BCUT2D eigenvalue weighted by atomic mass is 9.92. The summed E-state index contributed by atoms with van der Waals surface area (Å²) in [6.45, 7) is 1.89. The van der Waals surface area contributed by atoms with Gasteiger partial charge in [0.25, 0.3) is 0 Å². The third-order valence-electron chi connectivity index (χ3n) is 3.95. The van der Waals surface area contributed by atoms with E-state index in [0.29, 0.717) is 5.92 Å². The highest BCUT2D eigenvalue weighted by Crippen LogP contribution is 2.25. The van der Waals surface area contributed by atoms with Crippen molar-refractivity contribution in [3.05, 3.63) is 24.5 Å². The number of rotatable bonds is 4. The van der Waals surface area contributed by atoms with E-state index in [0.717, 1.165) is 43.8 Å². The first kappa shape index (κ1) is 12.9. The fourth-order valence-electron chi connectivity index (χ4n) is 2.76. The van der Waals surface area contributed by atoms with Crippen molar-refractivity contribution < 1.29 is 9.90 Å². The molecular weight excluding hydrogens is 256 g/mol. The molecule has 20 heavy (non-hydrogen) atoms. The van der Waals surface area contributed by atoms with Gasteiger partial charge in [-0.15, -0.1) is 0 Å². The monoisotopic (exact) mass is 274 g/mol. The fraction of sp³-hybridized carbons (Fsp3) is 0.500. The lowest BCUT2D eigenvalue weighted by molar-refractivity contribution is -0.137. The summed E-state index contributed by atoms with van der Waals surface area (Å²) >= 11 is 0. The highest BCUT2D eigenvalue weighted by atomic mass is 16.4. The molecule has 3 rings (SSSR count). The first-order valence-corrected chi connectivity index (χ1v) is 6.99. The Morgan fingerprint density at radius 1 is 1.35 bits per heavy atom. The van der Waals surface area contributed by atoms with Gasteiger partial charge in [0, 0.05) is 31.8 Å². The molecule has 0 radical (unpaired) electrons.